The first-order valence-electron chi connectivity index (χ1n) is 5.45. The molecule has 0 saturated heterocycles. The number of aromatic nitrogens is 2. The Bertz CT molecular complexity index is 448. The molecule has 5 heteroatoms. The maximum absolute atomic E-state index is 5.45. The molecule has 0 fully saturated rings. The second-order valence-electron chi connectivity index (χ2n) is 3.59. The van der Waals surface area contributed by atoms with Crippen LogP contribution in [0.5, 0.6) is 0 Å². The van der Waals surface area contributed by atoms with E-state index in [-0.39, 0.29) is 0 Å². The Balaban J connectivity index is 2.11. The summed E-state index contributed by atoms with van der Waals surface area (Å²) in [6.45, 7) is 2.50. The summed E-state index contributed by atoms with van der Waals surface area (Å²) in [5.74, 6) is 2.44. The highest BCUT2D eigenvalue weighted by Crippen LogP contribution is 2.20. The van der Waals surface area contributed by atoms with E-state index in [1.54, 1.807) is 6.07 Å². The van der Waals surface area contributed by atoms with Gasteiger partial charge in [0, 0.05) is 6.42 Å². The van der Waals surface area contributed by atoms with Crippen molar-refractivity contribution in [2.24, 2.45) is 5.73 Å². The first-order chi connectivity index (χ1) is 7.83. The summed E-state index contributed by atoms with van der Waals surface area (Å²) < 4.78 is 10.5. The second-order valence-corrected chi connectivity index (χ2v) is 3.59. The van der Waals surface area contributed by atoms with Gasteiger partial charge in [-0.1, -0.05) is 18.5 Å². The Morgan fingerprint density at radius 3 is 2.94 bits per heavy atom. The van der Waals surface area contributed by atoms with Crippen LogP contribution in [0, 0.1) is 0 Å². The summed E-state index contributed by atoms with van der Waals surface area (Å²) in [6, 6.07) is 3.60. The number of rotatable bonds is 5. The van der Waals surface area contributed by atoms with Crippen molar-refractivity contribution in [3.05, 3.63) is 23.7 Å². The number of nitrogens with zero attached hydrogens (tertiary/aromatic N) is 2. The lowest BCUT2D eigenvalue weighted by molar-refractivity contribution is 0.404. The van der Waals surface area contributed by atoms with E-state index < -0.39 is 0 Å². The minimum absolute atomic E-state index is 0.372. The third-order valence-corrected chi connectivity index (χ3v) is 2.30. The average molecular weight is 221 g/mol. The van der Waals surface area contributed by atoms with Crippen molar-refractivity contribution in [1.29, 1.82) is 0 Å². The molecule has 0 amide bonds. The minimum Gasteiger partial charge on any atom is -0.455 e. The van der Waals surface area contributed by atoms with Gasteiger partial charge >= 0.3 is 0 Å². The quantitative estimate of drug-likeness (QED) is 0.836. The maximum Gasteiger partial charge on any atom is 0.293 e. The van der Waals surface area contributed by atoms with Crippen molar-refractivity contribution in [1.82, 2.24) is 10.1 Å². The highest BCUT2D eigenvalue weighted by Gasteiger charge is 2.12. The van der Waals surface area contributed by atoms with Gasteiger partial charge in [-0.25, -0.2) is 0 Å². The molecule has 0 radical (unpaired) electrons. The van der Waals surface area contributed by atoms with Crippen LogP contribution in [0.1, 0.15) is 31.4 Å². The molecule has 2 rings (SSSR count). The zero-order valence-corrected chi connectivity index (χ0v) is 9.27. The number of hydrogen-bond acceptors (Lipinski definition) is 5. The molecule has 86 valence electrons. The molecule has 0 aliphatic heterocycles. The number of nitrogens with two attached hydrogens (primary N) is 1. The van der Waals surface area contributed by atoms with Crippen LogP contribution in [0.3, 0.4) is 0 Å². The van der Waals surface area contributed by atoms with Gasteiger partial charge in [-0.3, -0.25) is 0 Å². The molecule has 0 aromatic carbocycles. The van der Waals surface area contributed by atoms with Gasteiger partial charge < -0.3 is 14.7 Å². The molecule has 0 saturated carbocycles. The van der Waals surface area contributed by atoms with Crippen LogP contribution in [0.4, 0.5) is 0 Å². The van der Waals surface area contributed by atoms with Gasteiger partial charge in [0.2, 0.25) is 0 Å². The minimum atomic E-state index is 0.372. The van der Waals surface area contributed by atoms with Crippen LogP contribution in [-0.4, -0.2) is 10.1 Å². The first-order valence-corrected chi connectivity index (χ1v) is 5.45. The Kier molecular flexibility index (Phi) is 3.36. The summed E-state index contributed by atoms with van der Waals surface area (Å²) in [6.07, 6.45) is 3.01. The molecular formula is C11H15N3O2. The normalized spacial score (nSPS) is 10.9. The van der Waals surface area contributed by atoms with Crippen molar-refractivity contribution in [3.8, 4) is 11.7 Å². The van der Waals surface area contributed by atoms with Crippen LogP contribution in [0.15, 0.2) is 21.1 Å². The molecule has 2 N–H and O–H groups in total. The summed E-state index contributed by atoms with van der Waals surface area (Å²) in [7, 11) is 0. The Hall–Kier alpha value is -1.62. The molecule has 0 spiro atoms. The molecule has 2 aromatic rings. The van der Waals surface area contributed by atoms with E-state index in [0.717, 1.165) is 25.1 Å². The molecule has 2 aromatic heterocycles. The zero-order valence-electron chi connectivity index (χ0n) is 9.27. The van der Waals surface area contributed by atoms with Crippen molar-refractivity contribution < 1.29 is 8.94 Å². The lowest BCUT2D eigenvalue weighted by Gasteiger charge is -1.88. The first kappa shape index (κ1) is 10.9. The molecule has 0 bridgehead atoms. The fourth-order valence-electron chi connectivity index (χ4n) is 1.39. The smallest absolute Gasteiger partial charge is 0.293 e. The Labute approximate surface area is 93.6 Å². The van der Waals surface area contributed by atoms with Gasteiger partial charge in [0.05, 0.1) is 6.54 Å². The average Bonchev–Trinajstić information content (AvgIpc) is 2.94. The lowest BCUT2D eigenvalue weighted by atomic mass is 10.2. The third-order valence-electron chi connectivity index (χ3n) is 2.30. The van der Waals surface area contributed by atoms with Crippen molar-refractivity contribution >= 4 is 0 Å². The highest BCUT2D eigenvalue weighted by molar-refractivity contribution is 5.44. The molecule has 0 atom stereocenters. The van der Waals surface area contributed by atoms with E-state index in [4.69, 9.17) is 14.7 Å². The van der Waals surface area contributed by atoms with Gasteiger partial charge in [0.1, 0.15) is 5.76 Å². The maximum atomic E-state index is 5.45. The molecule has 0 unspecified atom stereocenters. The van der Waals surface area contributed by atoms with E-state index in [9.17, 15) is 0 Å². The van der Waals surface area contributed by atoms with Crippen LogP contribution >= 0.6 is 0 Å². The van der Waals surface area contributed by atoms with Crippen molar-refractivity contribution in [3.63, 3.8) is 0 Å². The van der Waals surface area contributed by atoms with Crippen LogP contribution in [0.2, 0.25) is 0 Å². The van der Waals surface area contributed by atoms with Crippen molar-refractivity contribution in [2.75, 3.05) is 0 Å². The van der Waals surface area contributed by atoms with Crippen molar-refractivity contribution in [2.45, 2.75) is 32.7 Å². The molecule has 0 aliphatic rings. The highest BCUT2D eigenvalue weighted by atomic mass is 16.5. The van der Waals surface area contributed by atoms with E-state index in [2.05, 4.69) is 17.1 Å². The zero-order chi connectivity index (χ0) is 11.4. The molecule has 0 aliphatic carbocycles. The van der Waals surface area contributed by atoms with Gasteiger partial charge in [0.25, 0.3) is 5.89 Å². The van der Waals surface area contributed by atoms with Crippen LogP contribution in [0.25, 0.3) is 11.7 Å². The molecule has 2 heterocycles. The summed E-state index contributed by atoms with van der Waals surface area (Å²) in [5.41, 5.74) is 5.45. The summed E-state index contributed by atoms with van der Waals surface area (Å²) in [4.78, 5) is 4.25. The number of unbranched alkanes of at least 4 members (excludes halogenated alkanes) is 1. The predicted octanol–water partition coefficient (Wildman–Crippen LogP) is 2.13. The van der Waals surface area contributed by atoms with E-state index in [1.165, 1.54) is 0 Å². The Morgan fingerprint density at radius 1 is 1.38 bits per heavy atom. The SMILES string of the molecule is CCCCc1noc(-c2ccc(CN)o2)n1. The Morgan fingerprint density at radius 2 is 2.25 bits per heavy atom. The third kappa shape index (κ3) is 2.30. The van der Waals surface area contributed by atoms with Crippen LogP contribution in [-0.2, 0) is 13.0 Å². The number of furan rings is 1. The lowest BCUT2D eigenvalue weighted by Crippen LogP contribution is -1.92. The predicted molar refractivity (Wildman–Crippen MR) is 58.5 cm³/mol. The number of hydrogen-bond donors (Lipinski definition) is 1. The number of aryl methyl sites for hydroxylation is 1. The van der Waals surface area contributed by atoms with Gasteiger partial charge in [-0.05, 0) is 18.6 Å². The van der Waals surface area contributed by atoms with Crippen LogP contribution < -0.4 is 5.73 Å². The summed E-state index contributed by atoms with van der Waals surface area (Å²) >= 11 is 0. The monoisotopic (exact) mass is 221 g/mol. The van der Waals surface area contributed by atoms with E-state index >= 15 is 0 Å². The summed E-state index contributed by atoms with van der Waals surface area (Å²) in [5, 5.41) is 3.89. The standard InChI is InChI=1S/C11H15N3O2/c1-2-3-4-10-13-11(16-14-10)9-6-5-8(7-12)15-9/h5-6H,2-4,7,12H2,1H3. The molecule has 5 nitrogen and oxygen atoms in total. The van der Waals surface area contributed by atoms with E-state index in [0.29, 0.717) is 24.0 Å². The second kappa shape index (κ2) is 4.94. The van der Waals surface area contributed by atoms with Gasteiger partial charge in [0.15, 0.2) is 11.6 Å². The topological polar surface area (TPSA) is 78.1 Å². The van der Waals surface area contributed by atoms with Gasteiger partial charge in [-0.2, -0.15) is 4.98 Å². The fourth-order valence-corrected chi connectivity index (χ4v) is 1.39. The molecule has 16 heavy (non-hydrogen) atoms. The largest absolute Gasteiger partial charge is 0.455 e. The van der Waals surface area contributed by atoms with E-state index in [1.807, 2.05) is 6.07 Å². The fraction of sp³-hybridized carbons (Fsp3) is 0.455. The molecular weight excluding hydrogens is 206 g/mol. The van der Waals surface area contributed by atoms with Gasteiger partial charge in [-0.15, -0.1) is 0 Å².